The molecule has 2 aromatic carbocycles. The van der Waals surface area contributed by atoms with E-state index in [0.717, 1.165) is 12.0 Å². The first kappa shape index (κ1) is 15.1. The molecule has 106 valence electrons. The van der Waals surface area contributed by atoms with E-state index in [2.05, 4.69) is 68.1 Å². The summed E-state index contributed by atoms with van der Waals surface area (Å²) in [6.45, 7) is 8.08. The molecule has 0 aliphatic rings. The normalized spacial score (nSPS) is 11.8. The van der Waals surface area contributed by atoms with E-state index in [1.165, 1.54) is 22.3 Å². The maximum Gasteiger partial charge on any atom is -0.0184 e. The molecule has 0 unspecified atom stereocenters. The first-order valence-electron chi connectivity index (χ1n) is 7.43. The van der Waals surface area contributed by atoms with Crippen molar-refractivity contribution in [2.75, 3.05) is 0 Å². The van der Waals surface area contributed by atoms with E-state index in [9.17, 15) is 0 Å². The first-order chi connectivity index (χ1) is 10.3. The zero-order valence-corrected chi connectivity index (χ0v) is 12.8. The third-order valence-electron chi connectivity index (χ3n) is 3.60. The number of hydrogen-bond donors (Lipinski definition) is 0. The van der Waals surface area contributed by atoms with E-state index < -0.39 is 0 Å². The lowest BCUT2D eigenvalue weighted by atomic mass is 9.99. The minimum atomic E-state index is 1.08. The summed E-state index contributed by atoms with van der Waals surface area (Å²) in [6.07, 6.45) is 9.11. The molecule has 0 heterocycles. The van der Waals surface area contributed by atoms with Crippen molar-refractivity contribution in [3.8, 4) is 11.1 Å². The van der Waals surface area contributed by atoms with Gasteiger partial charge in [-0.3, -0.25) is 0 Å². The van der Waals surface area contributed by atoms with Crippen molar-refractivity contribution in [1.82, 2.24) is 0 Å². The van der Waals surface area contributed by atoms with Gasteiger partial charge in [-0.15, -0.1) is 0 Å². The average molecular weight is 274 g/mol. The highest BCUT2D eigenvalue weighted by atomic mass is 14.0. The van der Waals surface area contributed by atoms with E-state index in [1.54, 1.807) is 0 Å². The summed E-state index contributed by atoms with van der Waals surface area (Å²) < 4.78 is 0. The largest absolute Gasteiger partial charge is 0.0984 e. The van der Waals surface area contributed by atoms with Crippen LogP contribution in [-0.2, 0) is 6.42 Å². The van der Waals surface area contributed by atoms with E-state index >= 15 is 0 Å². The molecule has 0 saturated carbocycles. The van der Waals surface area contributed by atoms with Crippen molar-refractivity contribution in [3.63, 3.8) is 0 Å². The molecule has 0 heteroatoms. The number of rotatable bonds is 5. The summed E-state index contributed by atoms with van der Waals surface area (Å²) >= 11 is 0. The van der Waals surface area contributed by atoms with E-state index in [-0.39, 0.29) is 0 Å². The Morgan fingerprint density at radius 2 is 1.52 bits per heavy atom. The van der Waals surface area contributed by atoms with Gasteiger partial charge in [0.15, 0.2) is 0 Å². The second-order valence-corrected chi connectivity index (χ2v) is 4.98. The maximum absolute atomic E-state index is 3.89. The van der Waals surface area contributed by atoms with Gasteiger partial charge in [-0.1, -0.05) is 86.3 Å². The summed E-state index contributed by atoms with van der Waals surface area (Å²) in [5.74, 6) is 0. The Bertz CT molecular complexity index is 637. The highest BCUT2D eigenvalue weighted by molar-refractivity contribution is 5.76. The lowest BCUT2D eigenvalue weighted by Crippen LogP contribution is -1.84. The van der Waals surface area contributed by atoms with Crippen molar-refractivity contribution in [2.24, 2.45) is 0 Å². The molecule has 0 nitrogen and oxygen atoms in total. The molecule has 0 aliphatic carbocycles. The molecular weight excluding hydrogens is 252 g/mol. The monoisotopic (exact) mass is 274 g/mol. The molecule has 0 radical (unpaired) electrons. The summed E-state index contributed by atoms with van der Waals surface area (Å²) in [7, 11) is 0. The summed E-state index contributed by atoms with van der Waals surface area (Å²) in [4.78, 5) is 0. The minimum Gasteiger partial charge on any atom is -0.0984 e. The molecule has 0 N–H and O–H groups in total. The van der Waals surface area contributed by atoms with Gasteiger partial charge < -0.3 is 0 Å². The molecule has 0 spiro atoms. The van der Waals surface area contributed by atoms with Gasteiger partial charge in [0.25, 0.3) is 0 Å². The van der Waals surface area contributed by atoms with E-state index in [0.29, 0.717) is 0 Å². The molecule has 2 rings (SSSR count). The maximum atomic E-state index is 3.89. The Kier molecular flexibility index (Phi) is 5.34. The van der Waals surface area contributed by atoms with Crippen LogP contribution >= 0.6 is 0 Å². The Morgan fingerprint density at radius 1 is 0.952 bits per heavy atom. The second-order valence-electron chi connectivity index (χ2n) is 4.98. The van der Waals surface area contributed by atoms with Crippen LogP contribution in [0.15, 0.2) is 79.4 Å². The van der Waals surface area contributed by atoms with Gasteiger partial charge in [-0.25, -0.2) is 0 Å². The predicted octanol–water partition coefficient (Wildman–Crippen LogP) is 6.06. The fourth-order valence-corrected chi connectivity index (χ4v) is 2.27. The standard InChI is InChI=1S/C21H22/c1-4-7-8-18(6-3)19-13-15-21(16-14-19)20-11-9-17(5-2)10-12-20/h4,6-16H,3,5H2,1-2H3/b7-4-,18-8+. The van der Waals surface area contributed by atoms with Crippen LogP contribution in [0, 0.1) is 0 Å². The van der Waals surface area contributed by atoms with Crippen LogP contribution < -0.4 is 0 Å². The van der Waals surface area contributed by atoms with Gasteiger partial charge in [0.05, 0.1) is 0 Å². The number of hydrogen-bond acceptors (Lipinski definition) is 0. The summed E-state index contributed by atoms with van der Waals surface area (Å²) in [5.41, 5.74) is 6.21. The molecule has 0 fully saturated rings. The SMILES string of the molecule is C=C/C(=C\C=C/C)c1ccc(-c2ccc(CC)cc2)cc1. The Labute approximate surface area is 128 Å². The van der Waals surface area contributed by atoms with Gasteiger partial charge in [-0.05, 0) is 41.2 Å². The molecule has 0 saturated heterocycles. The lowest BCUT2D eigenvalue weighted by Gasteiger charge is -2.06. The smallest absolute Gasteiger partial charge is 0.0184 e. The zero-order valence-electron chi connectivity index (χ0n) is 12.8. The van der Waals surface area contributed by atoms with Crippen LogP contribution in [-0.4, -0.2) is 0 Å². The quantitative estimate of drug-likeness (QED) is 0.581. The van der Waals surface area contributed by atoms with E-state index in [1.807, 2.05) is 25.2 Å². The fraction of sp³-hybridized carbons (Fsp3) is 0.143. The van der Waals surface area contributed by atoms with Crippen LogP contribution in [0.3, 0.4) is 0 Å². The van der Waals surface area contributed by atoms with Gasteiger partial charge >= 0.3 is 0 Å². The fourth-order valence-electron chi connectivity index (χ4n) is 2.27. The predicted molar refractivity (Wildman–Crippen MR) is 94.2 cm³/mol. The van der Waals surface area contributed by atoms with Gasteiger partial charge in [0.1, 0.15) is 0 Å². The van der Waals surface area contributed by atoms with Crippen LogP contribution in [0.5, 0.6) is 0 Å². The van der Waals surface area contributed by atoms with Gasteiger partial charge in [0, 0.05) is 0 Å². The van der Waals surface area contributed by atoms with Crippen molar-refractivity contribution in [3.05, 3.63) is 90.5 Å². The number of aryl methyl sites for hydroxylation is 1. The molecule has 21 heavy (non-hydrogen) atoms. The van der Waals surface area contributed by atoms with Crippen molar-refractivity contribution >= 4 is 5.57 Å². The Balaban J connectivity index is 2.27. The van der Waals surface area contributed by atoms with Gasteiger partial charge in [-0.2, -0.15) is 0 Å². The molecular formula is C21H22. The zero-order chi connectivity index (χ0) is 15.1. The molecule has 0 aliphatic heterocycles. The third-order valence-corrected chi connectivity index (χ3v) is 3.60. The Hall–Kier alpha value is -2.34. The van der Waals surface area contributed by atoms with E-state index in [4.69, 9.17) is 0 Å². The topological polar surface area (TPSA) is 0 Å². The summed E-state index contributed by atoms with van der Waals surface area (Å²) in [5, 5.41) is 0. The Morgan fingerprint density at radius 3 is 2.00 bits per heavy atom. The minimum absolute atomic E-state index is 1.08. The van der Waals surface area contributed by atoms with Crippen LogP contribution in [0.25, 0.3) is 16.7 Å². The second kappa shape index (κ2) is 7.44. The average Bonchev–Trinajstić information content (AvgIpc) is 2.56. The van der Waals surface area contributed by atoms with Crippen LogP contribution in [0.1, 0.15) is 25.0 Å². The van der Waals surface area contributed by atoms with Crippen LogP contribution in [0.4, 0.5) is 0 Å². The third kappa shape index (κ3) is 3.82. The lowest BCUT2D eigenvalue weighted by molar-refractivity contribution is 1.14. The summed E-state index contributed by atoms with van der Waals surface area (Å²) in [6, 6.07) is 17.4. The van der Waals surface area contributed by atoms with Crippen LogP contribution in [0.2, 0.25) is 0 Å². The number of allylic oxidation sites excluding steroid dienone is 5. The first-order valence-corrected chi connectivity index (χ1v) is 7.43. The molecule has 0 atom stereocenters. The van der Waals surface area contributed by atoms with Crippen molar-refractivity contribution < 1.29 is 0 Å². The van der Waals surface area contributed by atoms with Gasteiger partial charge in [0.2, 0.25) is 0 Å². The number of benzene rings is 2. The highest BCUT2D eigenvalue weighted by Gasteiger charge is 2.00. The molecule has 0 aromatic heterocycles. The van der Waals surface area contributed by atoms with Crippen molar-refractivity contribution in [1.29, 1.82) is 0 Å². The molecule has 0 bridgehead atoms. The molecule has 2 aromatic rings. The van der Waals surface area contributed by atoms with Crippen molar-refractivity contribution in [2.45, 2.75) is 20.3 Å². The molecule has 0 amide bonds. The highest BCUT2D eigenvalue weighted by Crippen LogP contribution is 2.23.